The quantitative estimate of drug-likeness (QED) is 0.670. The van der Waals surface area contributed by atoms with Gasteiger partial charge in [0.2, 0.25) is 5.91 Å². The van der Waals surface area contributed by atoms with E-state index in [1.54, 1.807) is 18.2 Å². The first kappa shape index (κ1) is 15.5. The number of anilines is 1. The summed E-state index contributed by atoms with van der Waals surface area (Å²) in [5, 5.41) is 3.22. The Balaban J connectivity index is 2.43. The molecule has 0 saturated carbocycles. The molecule has 0 fully saturated rings. The van der Waals surface area contributed by atoms with Crippen molar-refractivity contribution in [3.05, 3.63) is 29.8 Å². The van der Waals surface area contributed by atoms with E-state index in [0.29, 0.717) is 25.3 Å². The molecule has 0 atom stereocenters. The van der Waals surface area contributed by atoms with E-state index in [1.165, 1.54) is 0 Å². The zero-order valence-corrected chi connectivity index (χ0v) is 11.5. The predicted octanol–water partition coefficient (Wildman–Crippen LogP) is 1.99. The fraction of sp³-hybridized carbons (Fsp3) is 0.500. The van der Waals surface area contributed by atoms with Crippen molar-refractivity contribution in [1.29, 1.82) is 0 Å². The highest BCUT2D eigenvalue weighted by atomic mass is 16.7. The van der Waals surface area contributed by atoms with Crippen molar-refractivity contribution < 1.29 is 14.3 Å². The van der Waals surface area contributed by atoms with Crippen LogP contribution in [0, 0.1) is 0 Å². The topological polar surface area (TPSA) is 73.6 Å². The van der Waals surface area contributed by atoms with Gasteiger partial charge in [-0.15, -0.1) is 0 Å². The van der Waals surface area contributed by atoms with Crippen molar-refractivity contribution in [3.8, 4) is 0 Å². The molecule has 0 aliphatic heterocycles. The first-order valence-electron chi connectivity index (χ1n) is 6.54. The third kappa shape index (κ3) is 5.72. The number of amides is 1. The zero-order chi connectivity index (χ0) is 14.1. The molecule has 0 aliphatic rings. The molecule has 19 heavy (non-hydrogen) atoms. The van der Waals surface area contributed by atoms with Crippen molar-refractivity contribution in [2.24, 2.45) is 5.73 Å². The SMILES string of the molecule is CCOC(CCNc1cccc(C(N)=O)c1)OCC. The summed E-state index contributed by atoms with van der Waals surface area (Å²) in [4.78, 5) is 11.1. The summed E-state index contributed by atoms with van der Waals surface area (Å²) in [6.07, 6.45) is 0.546. The lowest BCUT2D eigenvalue weighted by Crippen LogP contribution is -2.21. The van der Waals surface area contributed by atoms with Crippen molar-refractivity contribution >= 4 is 11.6 Å². The average Bonchev–Trinajstić information content (AvgIpc) is 2.39. The molecule has 0 heterocycles. The van der Waals surface area contributed by atoms with Gasteiger partial charge in [-0.3, -0.25) is 4.79 Å². The molecule has 0 aromatic heterocycles. The number of ether oxygens (including phenoxy) is 2. The fourth-order valence-electron chi connectivity index (χ4n) is 1.70. The van der Waals surface area contributed by atoms with Crippen molar-refractivity contribution in [1.82, 2.24) is 0 Å². The Bertz CT molecular complexity index is 390. The van der Waals surface area contributed by atoms with Crippen LogP contribution < -0.4 is 11.1 Å². The number of hydrogen-bond acceptors (Lipinski definition) is 4. The number of primary amides is 1. The molecule has 5 nitrogen and oxygen atoms in total. The molecule has 3 N–H and O–H groups in total. The minimum atomic E-state index is -0.426. The normalized spacial score (nSPS) is 10.7. The fourth-order valence-corrected chi connectivity index (χ4v) is 1.70. The van der Waals surface area contributed by atoms with E-state index in [1.807, 2.05) is 19.9 Å². The molecule has 0 aliphatic carbocycles. The largest absolute Gasteiger partial charge is 0.385 e. The van der Waals surface area contributed by atoms with Crippen molar-refractivity contribution in [2.75, 3.05) is 25.1 Å². The van der Waals surface area contributed by atoms with Crippen LogP contribution in [0.4, 0.5) is 5.69 Å². The van der Waals surface area contributed by atoms with Gasteiger partial charge >= 0.3 is 0 Å². The molecule has 0 bridgehead atoms. The summed E-state index contributed by atoms with van der Waals surface area (Å²) < 4.78 is 10.9. The van der Waals surface area contributed by atoms with E-state index < -0.39 is 5.91 Å². The second kappa shape index (κ2) is 8.50. The van der Waals surface area contributed by atoms with Crippen molar-refractivity contribution in [2.45, 2.75) is 26.6 Å². The van der Waals surface area contributed by atoms with Gasteiger partial charge in [0, 0.05) is 37.4 Å². The second-order valence-corrected chi connectivity index (χ2v) is 4.00. The van der Waals surface area contributed by atoms with E-state index in [2.05, 4.69) is 5.32 Å². The molecular formula is C14H22N2O3. The summed E-state index contributed by atoms with van der Waals surface area (Å²) in [5.74, 6) is -0.426. The molecule has 5 heteroatoms. The van der Waals surface area contributed by atoms with E-state index in [0.717, 1.165) is 12.1 Å². The molecule has 0 radical (unpaired) electrons. The predicted molar refractivity (Wildman–Crippen MR) is 75.1 cm³/mol. The van der Waals surface area contributed by atoms with Crippen LogP contribution in [-0.4, -0.2) is 32.0 Å². The zero-order valence-electron chi connectivity index (χ0n) is 11.5. The Hall–Kier alpha value is -1.59. The summed E-state index contributed by atoms with van der Waals surface area (Å²) in [5.41, 5.74) is 6.59. The monoisotopic (exact) mass is 266 g/mol. The number of carbonyl (C=O) groups excluding carboxylic acids is 1. The Morgan fingerprint density at radius 3 is 2.58 bits per heavy atom. The maximum absolute atomic E-state index is 11.1. The van der Waals surface area contributed by atoms with Crippen LogP contribution in [0.15, 0.2) is 24.3 Å². The molecule has 1 amide bonds. The van der Waals surface area contributed by atoms with Gasteiger partial charge in [0.1, 0.15) is 0 Å². The number of benzene rings is 1. The lowest BCUT2D eigenvalue weighted by atomic mass is 10.2. The number of nitrogens with one attached hydrogen (secondary N) is 1. The summed E-state index contributed by atoms with van der Waals surface area (Å²) in [7, 11) is 0. The van der Waals surface area contributed by atoms with Crippen LogP contribution in [0.25, 0.3) is 0 Å². The maximum Gasteiger partial charge on any atom is 0.248 e. The van der Waals surface area contributed by atoms with Crippen LogP contribution in [-0.2, 0) is 9.47 Å². The number of carbonyl (C=O) groups is 1. The lowest BCUT2D eigenvalue weighted by Gasteiger charge is -2.17. The maximum atomic E-state index is 11.1. The summed E-state index contributed by atoms with van der Waals surface area (Å²) >= 11 is 0. The molecule has 106 valence electrons. The highest BCUT2D eigenvalue weighted by Crippen LogP contribution is 2.11. The second-order valence-electron chi connectivity index (χ2n) is 4.00. The van der Waals surface area contributed by atoms with Gasteiger partial charge in [-0.05, 0) is 32.0 Å². The smallest absolute Gasteiger partial charge is 0.248 e. The van der Waals surface area contributed by atoms with Crippen LogP contribution >= 0.6 is 0 Å². The number of hydrogen-bond donors (Lipinski definition) is 2. The number of nitrogens with two attached hydrogens (primary N) is 1. The van der Waals surface area contributed by atoms with Gasteiger partial charge in [0.25, 0.3) is 0 Å². The molecular weight excluding hydrogens is 244 g/mol. The van der Waals surface area contributed by atoms with Gasteiger partial charge in [-0.1, -0.05) is 6.07 Å². The summed E-state index contributed by atoms with van der Waals surface area (Å²) in [6.45, 7) is 5.84. The lowest BCUT2D eigenvalue weighted by molar-refractivity contribution is -0.137. The Morgan fingerprint density at radius 2 is 2.00 bits per heavy atom. The highest BCUT2D eigenvalue weighted by molar-refractivity contribution is 5.93. The molecule has 1 aromatic carbocycles. The van der Waals surface area contributed by atoms with E-state index in [-0.39, 0.29) is 6.29 Å². The Morgan fingerprint density at radius 1 is 1.32 bits per heavy atom. The van der Waals surface area contributed by atoms with Crippen LogP contribution in [0.3, 0.4) is 0 Å². The van der Waals surface area contributed by atoms with Crippen molar-refractivity contribution in [3.63, 3.8) is 0 Å². The minimum Gasteiger partial charge on any atom is -0.385 e. The molecule has 1 rings (SSSR count). The standard InChI is InChI=1S/C14H22N2O3/c1-3-18-13(19-4-2)8-9-16-12-7-5-6-11(10-12)14(15)17/h5-7,10,13,16H,3-4,8-9H2,1-2H3,(H2,15,17). The first-order valence-corrected chi connectivity index (χ1v) is 6.54. The minimum absolute atomic E-state index is 0.193. The van der Waals surface area contributed by atoms with Crippen LogP contribution in [0.5, 0.6) is 0 Å². The van der Waals surface area contributed by atoms with Gasteiger partial charge in [-0.25, -0.2) is 0 Å². The van der Waals surface area contributed by atoms with Crippen LogP contribution in [0.2, 0.25) is 0 Å². The average molecular weight is 266 g/mol. The molecule has 0 spiro atoms. The van der Waals surface area contributed by atoms with Gasteiger partial charge in [0.05, 0.1) is 0 Å². The summed E-state index contributed by atoms with van der Waals surface area (Å²) in [6, 6.07) is 7.11. The Kier molecular flexibility index (Phi) is 6.92. The van der Waals surface area contributed by atoms with Gasteiger partial charge in [-0.2, -0.15) is 0 Å². The van der Waals surface area contributed by atoms with E-state index in [4.69, 9.17) is 15.2 Å². The highest BCUT2D eigenvalue weighted by Gasteiger charge is 2.07. The van der Waals surface area contributed by atoms with Crippen LogP contribution in [0.1, 0.15) is 30.6 Å². The Labute approximate surface area is 114 Å². The molecule has 0 unspecified atom stereocenters. The van der Waals surface area contributed by atoms with Gasteiger partial charge in [0.15, 0.2) is 6.29 Å². The number of rotatable bonds is 9. The third-order valence-corrected chi connectivity index (χ3v) is 2.56. The molecule has 0 saturated heterocycles. The van der Waals surface area contributed by atoms with E-state index in [9.17, 15) is 4.79 Å². The van der Waals surface area contributed by atoms with Gasteiger partial charge < -0.3 is 20.5 Å². The van der Waals surface area contributed by atoms with E-state index >= 15 is 0 Å². The first-order chi connectivity index (χ1) is 9.17. The molecule has 1 aromatic rings. The third-order valence-electron chi connectivity index (χ3n) is 2.56.